The van der Waals surface area contributed by atoms with E-state index in [9.17, 15) is 15.4 Å². The highest BCUT2D eigenvalue weighted by atomic mass is 16.6. The molecule has 1 aliphatic heterocycles. The van der Waals surface area contributed by atoms with Crippen LogP contribution in [0.15, 0.2) is 29.1 Å². The van der Waals surface area contributed by atoms with Gasteiger partial charge in [-0.2, -0.15) is 5.06 Å². The first kappa shape index (κ1) is 22.7. The summed E-state index contributed by atoms with van der Waals surface area (Å²) >= 11 is 0. The summed E-state index contributed by atoms with van der Waals surface area (Å²) in [6, 6.07) is 0. The summed E-state index contributed by atoms with van der Waals surface area (Å²) in [5.41, 5.74) is 0.238. The SMILES string of the molecule is CC/C=C(O)\C=C\C(O)CCCCON=C1CC(C)(C)N(O)C(C)(C)C1. The van der Waals surface area contributed by atoms with Gasteiger partial charge < -0.3 is 20.3 Å². The predicted molar refractivity (Wildman–Crippen MR) is 104 cm³/mol. The van der Waals surface area contributed by atoms with E-state index in [2.05, 4.69) is 5.16 Å². The summed E-state index contributed by atoms with van der Waals surface area (Å²) in [6.07, 6.45) is 8.61. The highest BCUT2D eigenvalue weighted by Gasteiger charge is 2.43. The van der Waals surface area contributed by atoms with E-state index in [1.54, 1.807) is 12.2 Å². The molecule has 1 fully saturated rings. The second kappa shape index (κ2) is 10.1. The molecule has 0 radical (unpaired) electrons. The van der Waals surface area contributed by atoms with Crippen LogP contribution in [-0.2, 0) is 4.84 Å². The molecule has 0 spiro atoms. The predicted octanol–water partition coefficient (Wildman–Crippen LogP) is 4.34. The molecule has 0 aromatic rings. The number of hydrogen-bond donors (Lipinski definition) is 3. The maximum atomic E-state index is 10.3. The first-order valence-corrected chi connectivity index (χ1v) is 9.51. The Balaban J connectivity index is 2.30. The van der Waals surface area contributed by atoms with Gasteiger partial charge in [0, 0.05) is 23.9 Å². The fraction of sp³-hybridized carbons (Fsp3) is 0.750. The van der Waals surface area contributed by atoms with E-state index in [0.717, 1.165) is 25.0 Å². The van der Waals surface area contributed by atoms with Gasteiger partial charge in [-0.05, 0) is 65.5 Å². The molecule has 1 heterocycles. The van der Waals surface area contributed by atoms with E-state index >= 15 is 0 Å². The Morgan fingerprint density at radius 1 is 1.23 bits per heavy atom. The third kappa shape index (κ3) is 7.48. The highest BCUT2D eigenvalue weighted by Crippen LogP contribution is 2.35. The molecule has 0 saturated carbocycles. The molecule has 1 saturated heterocycles. The number of aliphatic hydroxyl groups is 2. The fourth-order valence-corrected chi connectivity index (χ4v) is 3.33. The minimum absolute atomic E-state index is 0.186. The molecule has 26 heavy (non-hydrogen) atoms. The lowest BCUT2D eigenvalue weighted by Crippen LogP contribution is -2.59. The molecular formula is C20H36N2O4. The zero-order chi connectivity index (χ0) is 19.8. The van der Waals surface area contributed by atoms with Crippen LogP contribution < -0.4 is 0 Å². The maximum absolute atomic E-state index is 10.3. The van der Waals surface area contributed by atoms with Gasteiger partial charge in [0.15, 0.2) is 0 Å². The summed E-state index contributed by atoms with van der Waals surface area (Å²) in [7, 11) is 0. The summed E-state index contributed by atoms with van der Waals surface area (Å²) < 4.78 is 0. The van der Waals surface area contributed by atoms with Crippen molar-refractivity contribution < 1.29 is 20.3 Å². The van der Waals surface area contributed by atoms with Crippen LogP contribution in [0.1, 0.15) is 73.1 Å². The first-order chi connectivity index (χ1) is 12.1. The minimum Gasteiger partial charge on any atom is -0.508 e. The van der Waals surface area contributed by atoms with Crippen molar-refractivity contribution in [2.75, 3.05) is 6.61 Å². The van der Waals surface area contributed by atoms with E-state index in [1.807, 2.05) is 34.6 Å². The summed E-state index contributed by atoms with van der Waals surface area (Å²) in [5, 5.41) is 35.3. The van der Waals surface area contributed by atoms with Gasteiger partial charge in [0.05, 0.1) is 11.8 Å². The van der Waals surface area contributed by atoms with Gasteiger partial charge in [0.1, 0.15) is 12.4 Å². The van der Waals surface area contributed by atoms with Crippen molar-refractivity contribution in [2.24, 2.45) is 5.16 Å². The zero-order valence-electron chi connectivity index (χ0n) is 16.9. The molecule has 3 N–H and O–H groups in total. The van der Waals surface area contributed by atoms with E-state index in [0.29, 0.717) is 25.9 Å². The van der Waals surface area contributed by atoms with Gasteiger partial charge in [-0.25, -0.2) is 0 Å². The number of nitrogens with zero attached hydrogens (tertiary/aromatic N) is 2. The number of aliphatic hydroxyl groups excluding tert-OH is 2. The maximum Gasteiger partial charge on any atom is 0.117 e. The quantitative estimate of drug-likeness (QED) is 0.244. The lowest BCUT2D eigenvalue weighted by Gasteiger charge is -2.48. The molecule has 6 heteroatoms. The second-order valence-corrected chi connectivity index (χ2v) is 8.24. The van der Waals surface area contributed by atoms with Crippen LogP contribution in [0.2, 0.25) is 0 Å². The number of allylic oxidation sites excluding steroid dienone is 2. The number of rotatable bonds is 9. The van der Waals surface area contributed by atoms with Crippen molar-refractivity contribution in [2.45, 2.75) is 90.3 Å². The first-order valence-electron chi connectivity index (χ1n) is 9.51. The van der Waals surface area contributed by atoms with Crippen LogP contribution in [0.5, 0.6) is 0 Å². The molecular weight excluding hydrogens is 332 g/mol. The van der Waals surface area contributed by atoms with Crippen molar-refractivity contribution in [3.8, 4) is 0 Å². The third-order valence-electron chi connectivity index (χ3n) is 4.50. The molecule has 0 aromatic heterocycles. The van der Waals surface area contributed by atoms with Crippen LogP contribution >= 0.6 is 0 Å². The fourth-order valence-electron chi connectivity index (χ4n) is 3.33. The highest BCUT2D eigenvalue weighted by molar-refractivity contribution is 5.86. The smallest absolute Gasteiger partial charge is 0.117 e. The Kier molecular flexibility index (Phi) is 8.80. The average Bonchev–Trinajstić information content (AvgIpc) is 2.53. The van der Waals surface area contributed by atoms with Crippen LogP contribution in [0.25, 0.3) is 0 Å². The van der Waals surface area contributed by atoms with Gasteiger partial charge >= 0.3 is 0 Å². The van der Waals surface area contributed by atoms with Crippen LogP contribution in [0, 0.1) is 0 Å². The molecule has 1 atom stereocenters. The second-order valence-electron chi connectivity index (χ2n) is 8.24. The van der Waals surface area contributed by atoms with Gasteiger partial charge in [0.2, 0.25) is 0 Å². The lowest BCUT2D eigenvalue weighted by molar-refractivity contribution is -0.226. The molecule has 1 rings (SSSR count). The number of hydroxylamine groups is 2. The Bertz CT molecular complexity index is 504. The van der Waals surface area contributed by atoms with Gasteiger partial charge in [-0.3, -0.25) is 0 Å². The number of hydrogen-bond acceptors (Lipinski definition) is 6. The lowest BCUT2D eigenvalue weighted by atomic mass is 9.81. The van der Waals surface area contributed by atoms with Gasteiger partial charge in [-0.1, -0.05) is 18.2 Å². The molecule has 0 aromatic carbocycles. The molecule has 0 aliphatic carbocycles. The minimum atomic E-state index is -0.566. The van der Waals surface area contributed by atoms with E-state index in [-0.39, 0.29) is 16.8 Å². The summed E-state index contributed by atoms with van der Waals surface area (Å²) in [4.78, 5) is 5.45. The van der Waals surface area contributed by atoms with Crippen LogP contribution in [0.3, 0.4) is 0 Å². The third-order valence-corrected chi connectivity index (χ3v) is 4.50. The van der Waals surface area contributed by atoms with Gasteiger partial charge in [-0.15, -0.1) is 0 Å². The summed E-state index contributed by atoms with van der Waals surface area (Å²) in [6.45, 7) is 10.4. The van der Waals surface area contributed by atoms with E-state index in [4.69, 9.17) is 4.84 Å². The number of oxime groups is 1. The topological polar surface area (TPSA) is 85.5 Å². The van der Waals surface area contributed by atoms with Crippen molar-refractivity contribution in [3.05, 3.63) is 24.0 Å². The van der Waals surface area contributed by atoms with Crippen molar-refractivity contribution in [3.63, 3.8) is 0 Å². The Hall–Kier alpha value is -1.37. The van der Waals surface area contributed by atoms with Crippen LogP contribution in [-0.4, -0.2) is 50.0 Å². The standard InChI is InChI=1S/C20H36N2O4/c1-6-9-17(23)11-12-18(24)10-7-8-13-26-21-16-14-19(2,3)22(25)20(4,5)15-16/h9,11-12,18,23-25H,6-8,10,13-15H2,1-5H3/b12-11+,17-9+. The number of piperidine rings is 1. The zero-order valence-corrected chi connectivity index (χ0v) is 16.9. The molecule has 0 amide bonds. The van der Waals surface area contributed by atoms with Crippen molar-refractivity contribution in [1.82, 2.24) is 5.06 Å². The van der Waals surface area contributed by atoms with Gasteiger partial charge in [0.25, 0.3) is 0 Å². The monoisotopic (exact) mass is 368 g/mol. The molecule has 1 aliphatic rings. The molecule has 1 unspecified atom stereocenters. The largest absolute Gasteiger partial charge is 0.508 e. The Morgan fingerprint density at radius 2 is 1.85 bits per heavy atom. The summed E-state index contributed by atoms with van der Waals surface area (Å²) in [5.74, 6) is 0.186. The molecule has 0 bridgehead atoms. The molecule has 6 nitrogen and oxygen atoms in total. The van der Waals surface area contributed by atoms with E-state index < -0.39 is 6.10 Å². The number of unbranched alkanes of at least 4 members (excludes halogenated alkanes) is 1. The normalized spacial score (nSPS) is 21.8. The van der Waals surface area contributed by atoms with E-state index in [1.165, 1.54) is 11.1 Å². The molecule has 150 valence electrons. The Labute approximate surface area is 157 Å². The van der Waals surface area contributed by atoms with Crippen molar-refractivity contribution in [1.29, 1.82) is 0 Å². The Morgan fingerprint density at radius 3 is 2.42 bits per heavy atom. The average molecular weight is 369 g/mol. The van der Waals surface area contributed by atoms with Crippen molar-refractivity contribution >= 4 is 5.71 Å². The van der Waals surface area contributed by atoms with Crippen LogP contribution in [0.4, 0.5) is 0 Å².